The molecule has 0 bridgehead atoms. The number of carbonyl (C=O) groups excluding carboxylic acids is 1. The smallest absolute Gasteiger partial charge is 0.257 e. The Balaban J connectivity index is 1.68. The molecule has 0 unspecified atom stereocenters. The summed E-state index contributed by atoms with van der Waals surface area (Å²) in [7, 11) is 1.84. The normalized spacial score (nSPS) is 19.4. The van der Waals surface area contributed by atoms with Crippen molar-refractivity contribution in [1.82, 2.24) is 19.6 Å². The van der Waals surface area contributed by atoms with Crippen molar-refractivity contribution in [2.24, 2.45) is 7.05 Å². The number of rotatable bonds is 5. The van der Waals surface area contributed by atoms with Crippen LogP contribution in [-0.4, -0.2) is 51.2 Å². The maximum atomic E-state index is 12.8. The average molecular weight is 326 g/mol. The molecule has 1 fully saturated rings. The van der Waals surface area contributed by atoms with E-state index in [-0.39, 0.29) is 11.9 Å². The number of nitrogens with zero attached hydrogens (tertiary/aromatic N) is 4. The van der Waals surface area contributed by atoms with Gasteiger partial charge in [-0.2, -0.15) is 5.10 Å². The van der Waals surface area contributed by atoms with Crippen LogP contribution in [0, 0.1) is 0 Å². The predicted octanol–water partition coefficient (Wildman–Crippen LogP) is 2.72. The molecule has 3 rings (SSSR count). The van der Waals surface area contributed by atoms with Gasteiger partial charge in [0.05, 0.1) is 11.8 Å². The van der Waals surface area contributed by atoms with Crippen LogP contribution in [-0.2, 0) is 7.05 Å². The Morgan fingerprint density at radius 1 is 1.38 bits per heavy atom. The molecule has 0 saturated carbocycles. The van der Waals surface area contributed by atoms with Gasteiger partial charge in [0.15, 0.2) is 0 Å². The molecular weight excluding hydrogens is 300 g/mol. The van der Waals surface area contributed by atoms with Gasteiger partial charge in [-0.3, -0.25) is 14.4 Å². The molecule has 128 valence electrons. The third-order valence-corrected chi connectivity index (χ3v) is 5.02. The summed E-state index contributed by atoms with van der Waals surface area (Å²) in [5.41, 5.74) is 2.01. The first kappa shape index (κ1) is 16.7. The first-order chi connectivity index (χ1) is 11.6. The van der Waals surface area contributed by atoms with Crippen molar-refractivity contribution in [3.05, 3.63) is 53.9 Å². The zero-order valence-corrected chi connectivity index (χ0v) is 14.7. The van der Waals surface area contributed by atoms with Gasteiger partial charge < -0.3 is 4.90 Å². The molecule has 1 aromatic heterocycles. The van der Waals surface area contributed by atoms with E-state index >= 15 is 0 Å². The zero-order valence-electron chi connectivity index (χ0n) is 14.7. The molecule has 5 heteroatoms. The van der Waals surface area contributed by atoms with Crippen LogP contribution in [0.5, 0.6) is 0 Å². The fourth-order valence-corrected chi connectivity index (χ4v) is 3.58. The van der Waals surface area contributed by atoms with Gasteiger partial charge in [0, 0.05) is 45.0 Å². The summed E-state index contributed by atoms with van der Waals surface area (Å²) < 4.78 is 1.68. The summed E-state index contributed by atoms with van der Waals surface area (Å²) in [6.07, 6.45) is 4.48. The number of likely N-dealkylation sites (tertiary alicyclic amines) is 1. The van der Waals surface area contributed by atoms with Gasteiger partial charge in [0.1, 0.15) is 0 Å². The lowest BCUT2D eigenvalue weighted by molar-refractivity contribution is 0.0689. The van der Waals surface area contributed by atoms with Crippen molar-refractivity contribution in [2.45, 2.75) is 32.4 Å². The first-order valence-corrected chi connectivity index (χ1v) is 8.68. The van der Waals surface area contributed by atoms with Crippen molar-refractivity contribution in [3.63, 3.8) is 0 Å². The average Bonchev–Trinajstić information content (AvgIpc) is 3.25. The Labute approximate surface area is 143 Å². The van der Waals surface area contributed by atoms with Crippen LogP contribution in [0.2, 0.25) is 0 Å². The monoisotopic (exact) mass is 326 g/mol. The van der Waals surface area contributed by atoms with E-state index in [9.17, 15) is 4.79 Å². The van der Waals surface area contributed by atoms with Gasteiger partial charge in [-0.1, -0.05) is 30.3 Å². The fraction of sp³-hybridized carbons (Fsp3) is 0.474. The summed E-state index contributed by atoms with van der Waals surface area (Å²) in [4.78, 5) is 17.2. The lowest BCUT2D eigenvalue weighted by atomic mass is 10.1. The van der Waals surface area contributed by atoms with E-state index in [0.29, 0.717) is 11.6 Å². The molecule has 0 spiro atoms. The molecule has 2 aromatic rings. The molecule has 1 aliphatic rings. The summed E-state index contributed by atoms with van der Waals surface area (Å²) in [6, 6.07) is 11.2. The molecule has 1 saturated heterocycles. The third kappa shape index (κ3) is 3.36. The van der Waals surface area contributed by atoms with E-state index in [4.69, 9.17) is 0 Å². The quantitative estimate of drug-likeness (QED) is 0.848. The van der Waals surface area contributed by atoms with Crippen LogP contribution in [0.3, 0.4) is 0 Å². The maximum Gasteiger partial charge on any atom is 0.257 e. The molecular formula is C19H26N4O. The van der Waals surface area contributed by atoms with Gasteiger partial charge in [0.2, 0.25) is 0 Å². The lowest BCUT2D eigenvalue weighted by Gasteiger charge is -2.29. The molecule has 0 N–H and O–H groups in total. The highest BCUT2D eigenvalue weighted by atomic mass is 16.2. The number of benzene rings is 1. The minimum atomic E-state index is 0.0878. The van der Waals surface area contributed by atoms with E-state index in [2.05, 4.69) is 48.1 Å². The summed E-state index contributed by atoms with van der Waals surface area (Å²) in [6.45, 7) is 6.98. The summed E-state index contributed by atoms with van der Waals surface area (Å²) in [5.74, 6) is 0.0878. The maximum absolute atomic E-state index is 12.8. The number of amides is 1. The molecule has 0 aliphatic carbocycles. The zero-order chi connectivity index (χ0) is 17.1. The summed E-state index contributed by atoms with van der Waals surface area (Å²) >= 11 is 0. The molecule has 1 amide bonds. The Bertz CT molecular complexity index is 682. The number of hydrogen-bond donors (Lipinski definition) is 0. The van der Waals surface area contributed by atoms with Crippen LogP contribution < -0.4 is 0 Å². The van der Waals surface area contributed by atoms with Gasteiger partial charge in [-0.05, 0) is 25.8 Å². The second kappa shape index (κ2) is 7.18. The largest absolute Gasteiger partial charge is 0.335 e. The van der Waals surface area contributed by atoms with Crippen molar-refractivity contribution < 1.29 is 4.79 Å². The van der Waals surface area contributed by atoms with Crippen LogP contribution in [0.25, 0.3) is 0 Å². The standard InChI is InChI=1S/C19H26N4O/c1-4-23(19(24)17-12-20-21(3)13-17)18-10-11-22(14-18)15(2)16-8-6-5-7-9-16/h5-9,12-13,15,18H,4,10-11,14H2,1-3H3/t15-,18-/m1/s1. The van der Waals surface area contributed by atoms with E-state index in [1.807, 2.05) is 18.0 Å². The number of aromatic nitrogens is 2. The Morgan fingerprint density at radius 2 is 2.12 bits per heavy atom. The van der Waals surface area contributed by atoms with Crippen LogP contribution in [0.1, 0.15) is 42.2 Å². The predicted molar refractivity (Wildman–Crippen MR) is 94.8 cm³/mol. The second-order valence-corrected chi connectivity index (χ2v) is 6.52. The van der Waals surface area contributed by atoms with Crippen LogP contribution in [0.15, 0.2) is 42.7 Å². The fourth-order valence-electron chi connectivity index (χ4n) is 3.58. The van der Waals surface area contributed by atoms with Gasteiger partial charge >= 0.3 is 0 Å². The van der Waals surface area contributed by atoms with Gasteiger partial charge in [-0.15, -0.1) is 0 Å². The number of hydrogen-bond acceptors (Lipinski definition) is 3. The highest BCUT2D eigenvalue weighted by Gasteiger charge is 2.32. The highest BCUT2D eigenvalue weighted by molar-refractivity contribution is 5.94. The Hall–Kier alpha value is -2.14. The second-order valence-electron chi connectivity index (χ2n) is 6.52. The minimum Gasteiger partial charge on any atom is -0.335 e. The molecule has 2 heterocycles. The third-order valence-electron chi connectivity index (χ3n) is 5.02. The number of likely N-dealkylation sites (N-methyl/N-ethyl adjacent to an activating group) is 1. The molecule has 0 radical (unpaired) electrons. The SMILES string of the molecule is CCN(C(=O)c1cnn(C)c1)[C@@H]1CCN([C@H](C)c2ccccc2)C1. The van der Waals surface area contributed by atoms with Gasteiger partial charge in [-0.25, -0.2) is 0 Å². The molecule has 1 aliphatic heterocycles. The minimum absolute atomic E-state index is 0.0878. The summed E-state index contributed by atoms with van der Waals surface area (Å²) in [5, 5.41) is 4.12. The van der Waals surface area contributed by atoms with E-state index < -0.39 is 0 Å². The molecule has 1 aromatic carbocycles. The topological polar surface area (TPSA) is 41.4 Å². The Morgan fingerprint density at radius 3 is 2.75 bits per heavy atom. The lowest BCUT2D eigenvalue weighted by Crippen LogP contribution is -2.42. The molecule has 24 heavy (non-hydrogen) atoms. The van der Waals surface area contributed by atoms with Crippen LogP contribution >= 0.6 is 0 Å². The van der Waals surface area contributed by atoms with E-state index in [0.717, 1.165) is 26.1 Å². The van der Waals surface area contributed by atoms with Crippen molar-refractivity contribution >= 4 is 5.91 Å². The molecule has 2 atom stereocenters. The van der Waals surface area contributed by atoms with Gasteiger partial charge in [0.25, 0.3) is 5.91 Å². The number of carbonyl (C=O) groups is 1. The van der Waals surface area contributed by atoms with Crippen molar-refractivity contribution in [1.29, 1.82) is 0 Å². The van der Waals surface area contributed by atoms with Crippen molar-refractivity contribution in [3.8, 4) is 0 Å². The van der Waals surface area contributed by atoms with E-state index in [1.165, 1.54) is 5.56 Å². The first-order valence-electron chi connectivity index (χ1n) is 8.68. The number of aryl methyl sites for hydroxylation is 1. The Kier molecular flexibility index (Phi) is 5.00. The van der Waals surface area contributed by atoms with Crippen LogP contribution in [0.4, 0.5) is 0 Å². The van der Waals surface area contributed by atoms with Crippen molar-refractivity contribution in [2.75, 3.05) is 19.6 Å². The highest BCUT2D eigenvalue weighted by Crippen LogP contribution is 2.27. The van der Waals surface area contributed by atoms with E-state index in [1.54, 1.807) is 17.1 Å². The molecule has 5 nitrogen and oxygen atoms in total.